The minimum absolute atomic E-state index is 0.191. The molecule has 1 aliphatic carbocycles. The standard InChI is InChI=1S/C25H26IN7O2/c1-34-11-12-35-25(16-27)9-7-17(8-10-25)22-21(26)23(28)33-24(31-22)20(14-30-33)18-13-29-32(15-18)19-5-3-2-4-6-19/h2-6,13-15,17H,7-12,28H2,1H3. The maximum Gasteiger partial charge on any atom is 0.165 e. The molecule has 0 bridgehead atoms. The summed E-state index contributed by atoms with van der Waals surface area (Å²) in [5.41, 5.74) is 10.2. The Morgan fingerprint density at radius 3 is 2.66 bits per heavy atom. The summed E-state index contributed by atoms with van der Waals surface area (Å²) >= 11 is 2.26. The minimum Gasteiger partial charge on any atom is -0.383 e. The van der Waals surface area contributed by atoms with Gasteiger partial charge in [-0.3, -0.25) is 0 Å². The largest absolute Gasteiger partial charge is 0.383 e. The maximum absolute atomic E-state index is 9.78. The number of ether oxygens (including phenoxy) is 2. The van der Waals surface area contributed by atoms with Crippen molar-refractivity contribution in [3.8, 4) is 22.9 Å². The van der Waals surface area contributed by atoms with Crippen LogP contribution in [-0.4, -0.2) is 50.3 Å². The molecule has 10 heteroatoms. The number of anilines is 1. The van der Waals surface area contributed by atoms with Crippen LogP contribution in [0.3, 0.4) is 0 Å². The first-order valence-electron chi connectivity index (χ1n) is 11.5. The number of nitriles is 1. The van der Waals surface area contributed by atoms with Crippen LogP contribution in [0.5, 0.6) is 0 Å². The van der Waals surface area contributed by atoms with Crippen LogP contribution in [-0.2, 0) is 9.47 Å². The van der Waals surface area contributed by atoms with Gasteiger partial charge in [0.1, 0.15) is 5.82 Å². The van der Waals surface area contributed by atoms with Gasteiger partial charge in [-0.25, -0.2) is 9.67 Å². The van der Waals surface area contributed by atoms with E-state index in [1.54, 1.807) is 17.8 Å². The highest BCUT2D eigenvalue weighted by Crippen LogP contribution is 2.42. The Morgan fingerprint density at radius 2 is 1.94 bits per heavy atom. The zero-order chi connectivity index (χ0) is 24.4. The number of nitrogens with two attached hydrogens (primary N) is 1. The molecule has 0 unspecified atom stereocenters. The molecule has 1 aromatic carbocycles. The van der Waals surface area contributed by atoms with E-state index in [1.807, 2.05) is 47.4 Å². The molecule has 0 aliphatic heterocycles. The van der Waals surface area contributed by atoms with Crippen molar-refractivity contribution in [2.75, 3.05) is 26.1 Å². The van der Waals surface area contributed by atoms with Gasteiger partial charge in [0.05, 0.1) is 46.6 Å². The number of rotatable bonds is 7. The molecule has 9 nitrogen and oxygen atoms in total. The lowest BCUT2D eigenvalue weighted by Gasteiger charge is -2.35. The van der Waals surface area contributed by atoms with Crippen LogP contribution in [0.1, 0.15) is 37.3 Å². The van der Waals surface area contributed by atoms with Crippen LogP contribution < -0.4 is 5.73 Å². The molecule has 180 valence electrons. The molecule has 3 aromatic heterocycles. The fourth-order valence-corrected chi connectivity index (χ4v) is 5.43. The average Bonchev–Trinajstić information content (AvgIpc) is 3.55. The lowest BCUT2D eigenvalue weighted by molar-refractivity contribution is -0.0494. The van der Waals surface area contributed by atoms with Crippen molar-refractivity contribution in [1.29, 1.82) is 5.26 Å². The third kappa shape index (κ3) is 4.51. The van der Waals surface area contributed by atoms with Crippen molar-refractivity contribution in [2.45, 2.75) is 37.2 Å². The number of methoxy groups -OCH3 is 1. The van der Waals surface area contributed by atoms with E-state index in [2.05, 4.69) is 38.9 Å². The summed E-state index contributed by atoms with van der Waals surface area (Å²) in [6.07, 6.45) is 8.48. The number of hydrogen-bond donors (Lipinski definition) is 1. The van der Waals surface area contributed by atoms with E-state index in [0.29, 0.717) is 37.5 Å². The predicted molar refractivity (Wildman–Crippen MR) is 140 cm³/mol. The van der Waals surface area contributed by atoms with Crippen LogP contribution in [0.4, 0.5) is 5.82 Å². The fourth-order valence-electron chi connectivity index (χ4n) is 4.64. The highest BCUT2D eigenvalue weighted by molar-refractivity contribution is 14.1. The lowest BCUT2D eigenvalue weighted by atomic mass is 9.78. The summed E-state index contributed by atoms with van der Waals surface area (Å²) < 4.78 is 15.4. The number of para-hydroxylation sites is 1. The SMILES string of the molecule is COCCOC1(C#N)CCC(c2nc3c(-c4cnn(-c5ccccc5)c4)cnn3c(N)c2I)CC1. The number of halogens is 1. The van der Waals surface area contributed by atoms with Crippen molar-refractivity contribution < 1.29 is 9.47 Å². The van der Waals surface area contributed by atoms with Gasteiger partial charge in [-0.05, 0) is 60.4 Å². The second-order valence-electron chi connectivity index (χ2n) is 8.72. The average molecular weight is 583 g/mol. The van der Waals surface area contributed by atoms with E-state index < -0.39 is 5.60 Å². The Labute approximate surface area is 217 Å². The molecule has 5 rings (SSSR count). The van der Waals surface area contributed by atoms with Gasteiger partial charge in [-0.2, -0.15) is 20.0 Å². The summed E-state index contributed by atoms with van der Waals surface area (Å²) in [5.74, 6) is 0.761. The Bertz CT molecular complexity index is 1370. The quantitative estimate of drug-likeness (QED) is 0.254. The number of hydrogen-bond acceptors (Lipinski definition) is 7. The Balaban J connectivity index is 1.44. The fraction of sp³-hybridized carbons (Fsp3) is 0.360. The van der Waals surface area contributed by atoms with Crippen molar-refractivity contribution in [3.05, 3.63) is 58.2 Å². The molecule has 1 aliphatic rings. The van der Waals surface area contributed by atoms with Gasteiger partial charge in [0, 0.05) is 30.4 Å². The van der Waals surface area contributed by atoms with Crippen molar-refractivity contribution >= 4 is 34.1 Å². The first kappa shape index (κ1) is 23.7. The molecule has 1 fully saturated rings. The van der Waals surface area contributed by atoms with Crippen molar-refractivity contribution in [3.63, 3.8) is 0 Å². The van der Waals surface area contributed by atoms with E-state index >= 15 is 0 Å². The molecule has 1 saturated carbocycles. The third-order valence-corrected chi connectivity index (χ3v) is 7.72. The number of nitrogens with zero attached hydrogens (tertiary/aromatic N) is 6. The zero-order valence-electron chi connectivity index (χ0n) is 19.4. The van der Waals surface area contributed by atoms with Crippen LogP contribution in [0.15, 0.2) is 48.9 Å². The normalized spacial score (nSPS) is 20.2. The highest BCUT2D eigenvalue weighted by Gasteiger charge is 2.38. The first-order valence-corrected chi connectivity index (χ1v) is 12.6. The van der Waals surface area contributed by atoms with Crippen LogP contribution in [0.25, 0.3) is 22.5 Å². The monoisotopic (exact) mass is 583 g/mol. The Kier molecular flexibility index (Phi) is 6.73. The zero-order valence-corrected chi connectivity index (χ0v) is 21.6. The van der Waals surface area contributed by atoms with Crippen LogP contribution in [0.2, 0.25) is 0 Å². The Hall–Kier alpha value is -3.01. The maximum atomic E-state index is 9.78. The number of benzene rings is 1. The van der Waals surface area contributed by atoms with E-state index in [4.69, 9.17) is 20.2 Å². The molecule has 4 aromatic rings. The molecular formula is C25H26IN7O2. The number of nitrogen functional groups attached to an aromatic ring is 1. The van der Waals surface area contributed by atoms with E-state index in [-0.39, 0.29) is 5.92 Å². The van der Waals surface area contributed by atoms with E-state index in [9.17, 15) is 5.26 Å². The molecule has 0 spiro atoms. The summed E-state index contributed by atoms with van der Waals surface area (Å²) in [7, 11) is 1.63. The smallest absolute Gasteiger partial charge is 0.165 e. The molecule has 2 N–H and O–H groups in total. The number of fused-ring (bicyclic) bond motifs is 1. The van der Waals surface area contributed by atoms with Gasteiger partial charge in [0.15, 0.2) is 11.2 Å². The summed E-state index contributed by atoms with van der Waals surface area (Å²) in [5, 5.41) is 18.8. The van der Waals surface area contributed by atoms with Crippen molar-refractivity contribution in [1.82, 2.24) is 24.4 Å². The minimum atomic E-state index is -0.760. The summed E-state index contributed by atoms with van der Waals surface area (Å²) in [6, 6.07) is 12.4. The topological polar surface area (TPSA) is 116 Å². The van der Waals surface area contributed by atoms with Gasteiger partial charge < -0.3 is 15.2 Å². The van der Waals surface area contributed by atoms with Gasteiger partial charge in [-0.1, -0.05) is 18.2 Å². The van der Waals surface area contributed by atoms with E-state index in [1.165, 1.54) is 0 Å². The second-order valence-corrected chi connectivity index (χ2v) is 9.80. The molecule has 3 heterocycles. The molecule has 0 saturated heterocycles. The highest BCUT2D eigenvalue weighted by atomic mass is 127. The summed E-state index contributed by atoms with van der Waals surface area (Å²) in [4.78, 5) is 5.06. The molecular weight excluding hydrogens is 557 g/mol. The first-order chi connectivity index (χ1) is 17.0. The second kappa shape index (κ2) is 9.93. The van der Waals surface area contributed by atoms with Crippen LogP contribution in [0, 0.1) is 14.9 Å². The van der Waals surface area contributed by atoms with Gasteiger partial charge in [-0.15, -0.1) is 0 Å². The predicted octanol–water partition coefficient (Wildman–Crippen LogP) is 4.35. The Morgan fingerprint density at radius 1 is 1.17 bits per heavy atom. The van der Waals surface area contributed by atoms with Crippen LogP contribution >= 0.6 is 22.6 Å². The van der Waals surface area contributed by atoms with Gasteiger partial charge in [0.25, 0.3) is 0 Å². The molecule has 35 heavy (non-hydrogen) atoms. The number of aromatic nitrogens is 5. The molecule has 0 atom stereocenters. The van der Waals surface area contributed by atoms with Gasteiger partial charge in [0.2, 0.25) is 0 Å². The van der Waals surface area contributed by atoms with Crippen molar-refractivity contribution in [2.24, 2.45) is 0 Å². The third-order valence-electron chi connectivity index (χ3n) is 6.61. The molecule has 0 radical (unpaired) electrons. The lowest BCUT2D eigenvalue weighted by Crippen LogP contribution is -2.36. The van der Waals surface area contributed by atoms with E-state index in [0.717, 1.165) is 38.9 Å². The van der Waals surface area contributed by atoms with Gasteiger partial charge >= 0.3 is 0 Å². The summed E-state index contributed by atoms with van der Waals surface area (Å²) in [6.45, 7) is 0.892. The molecule has 0 amide bonds.